The monoisotopic (exact) mass is 266 g/mol. The molecule has 1 heterocycles. The first-order valence-corrected chi connectivity index (χ1v) is 6.14. The number of hydrogen-bond donors (Lipinski definition) is 0. The van der Waals surface area contributed by atoms with Crippen LogP contribution in [0.2, 0.25) is 0 Å². The molecule has 18 heavy (non-hydrogen) atoms. The average Bonchev–Trinajstić information content (AvgIpc) is 2.75. The van der Waals surface area contributed by atoms with Crippen molar-refractivity contribution < 1.29 is 9.18 Å². The predicted molar refractivity (Wildman–Crippen MR) is 64.8 cm³/mol. The number of benzene rings is 1. The summed E-state index contributed by atoms with van der Waals surface area (Å²) in [5.74, 6) is -0.438. The molecule has 1 aromatic heterocycles. The lowest BCUT2D eigenvalue weighted by molar-refractivity contribution is 0.0994. The van der Waals surface area contributed by atoms with Gasteiger partial charge < -0.3 is 0 Å². The van der Waals surface area contributed by atoms with E-state index in [0.717, 1.165) is 0 Å². The summed E-state index contributed by atoms with van der Waals surface area (Å²) < 4.78 is 14.3. The van der Waals surface area contributed by atoms with Gasteiger partial charge in [0.05, 0.1) is 5.25 Å². The number of carbonyl (C=O) groups is 1. The molecular formula is C11H11FN4OS. The fourth-order valence-corrected chi connectivity index (χ4v) is 2.21. The van der Waals surface area contributed by atoms with Crippen molar-refractivity contribution in [3.63, 3.8) is 0 Å². The molecule has 1 aromatic carbocycles. The summed E-state index contributed by atoms with van der Waals surface area (Å²) in [4.78, 5) is 12.1. The van der Waals surface area contributed by atoms with Crippen molar-refractivity contribution in [3.05, 3.63) is 35.6 Å². The van der Waals surface area contributed by atoms with E-state index in [2.05, 4.69) is 15.5 Å². The van der Waals surface area contributed by atoms with E-state index in [1.807, 2.05) is 0 Å². The predicted octanol–water partition coefficient (Wildman–Crippen LogP) is 1.71. The van der Waals surface area contributed by atoms with E-state index >= 15 is 0 Å². The minimum atomic E-state index is -0.357. The zero-order chi connectivity index (χ0) is 13.1. The molecule has 2 aromatic rings. The Morgan fingerprint density at radius 2 is 2.06 bits per heavy atom. The summed E-state index contributed by atoms with van der Waals surface area (Å²) in [6.45, 7) is 1.77. The van der Waals surface area contributed by atoms with Crippen LogP contribution in [0.15, 0.2) is 29.4 Å². The van der Waals surface area contributed by atoms with Gasteiger partial charge in [0.25, 0.3) is 0 Å². The third-order valence-corrected chi connectivity index (χ3v) is 3.49. The molecule has 5 nitrogen and oxygen atoms in total. The number of nitrogens with zero attached hydrogens (tertiary/aromatic N) is 4. The highest BCUT2D eigenvalue weighted by atomic mass is 32.2. The van der Waals surface area contributed by atoms with Gasteiger partial charge in [0.1, 0.15) is 5.82 Å². The average molecular weight is 266 g/mol. The van der Waals surface area contributed by atoms with E-state index in [-0.39, 0.29) is 16.9 Å². The van der Waals surface area contributed by atoms with Crippen LogP contribution in [0.5, 0.6) is 0 Å². The molecule has 94 valence electrons. The van der Waals surface area contributed by atoms with Gasteiger partial charge >= 0.3 is 0 Å². The number of aryl methyl sites for hydroxylation is 1. The van der Waals surface area contributed by atoms with Gasteiger partial charge in [-0.2, -0.15) is 0 Å². The van der Waals surface area contributed by atoms with Gasteiger partial charge in [-0.15, -0.1) is 5.10 Å². The van der Waals surface area contributed by atoms with Gasteiger partial charge in [-0.25, -0.2) is 9.07 Å². The molecular weight excluding hydrogens is 255 g/mol. The highest BCUT2D eigenvalue weighted by Crippen LogP contribution is 2.22. The molecule has 0 bridgehead atoms. The molecule has 7 heteroatoms. The molecule has 0 spiro atoms. The van der Waals surface area contributed by atoms with E-state index < -0.39 is 0 Å². The van der Waals surface area contributed by atoms with E-state index in [1.54, 1.807) is 14.0 Å². The van der Waals surface area contributed by atoms with Crippen LogP contribution in [0.3, 0.4) is 0 Å². The molecule has 0 amide bonds. The topological polar surface area (TPSA) is 60.7 Å². The fourth-order valence-electron chi connectivity index (χ4n) is 1.38. The van der Waals surface area contributed by atoms with Gasteiger partial charge in [0.2, 0.25) is 5.16 Å². The van der Waals surface area contributed by atoms with Crippen LogP contribution in [-0.4, -0.2) is 31.2 Å². The van der Waals surface area contributed by atoms with Gasteiger partial charge in [-0.3, -0.25) is 4.79 Å². The lowest BCUT2D eigenvalue weighted by atomic mass is 10.1. The van der Waals surface area contributed by atoms with Crippen LogP contribution in [0.25, 0.3) is 0 Å². The second-order valence-corrected chi connectivity index (χ2v) is 5.02. The smallest absolute Gasteiger partial charge is 0.209 e. The van der Waals surface area contributed by atoms with Gasteiger partial charge in [0, 0.05) is 12.6 Å². The standard InChI is InChI=1S/C11H11FN4OS/c1-7(18-11-13-14-15-16(11)2)10(17)8-3-5-9(12)6-4-8/h3-7H,1-2H3/t7-/m0/s1. The van der Waals surface area contributed by atoms with Crippen molar-refractivity contribution in [1.29, 1.82) is 0 Å². The summed E-state index contributed by atoms with van der Waals surface area (Å²) in [6, 6.07) is 5.50. The molecule has 0 N–H and O–H groups in total. The Kier molecular flexibility index (Phi) is 3.71. The third kappa shape index (κ3) is 2.73. The Hall–Kier alpha value is -1.76. The van der Waals surface area contributed by atoms with Crippen molar-refractivity contribution >= 4 is 17.5 Å². The summed E-state index contributed by atoms with van der Waals surface area (Å²) in [7, 11) is 1.71. The molecule has 0 radical (unpaired) electrons. The molecule has 0 aliphatic rings. The fraction of sp³-hybridized carbons (Fsp3) is 0.273. The first-order chi connectivity index (χ1) is 8.58. The Morgan fingerprint density at radius 3 is 2.61 bits per heavy atom. The van der Waals surface area contributed by atoms with Crippen LogP contribution in [0, 0.1) is 5.82 Å². The van der Waals surface area contributed by atoms with Gasteiger partial charge in [-0.1, -0.05) is 11.8 Å². The van der Waals surface area contributed by atoms with Crippen molar-refractivity contribution in [2.45, 2.75) is 17.3 Å². The number of ketones is 1. The van der Waals surface area contributed by atoms with E-state index in [4.69, 9.17) is 0 Å². The molecule has 0 unspecified atom stereocenters. The van der Waals surface area contributed by atoms with Crippen molar-refractivity contribution in [1.82, 2.24) is 20.2 Å². The molecule has 0 saturated carbocycles. The number of thioether (sulfide) groups is 1. The Labute approximate surface area is 107 Å². The highest BCUT2D eigenvalue weighted by Gasteiger charge is 2.19. The largest absolute Gasteiger partial charge is 0.293 e. The first-order valence-electron chi connectivity index (χ1n) is 5.26. The normalized spacial score (nSPS) is 12.4. The van der Waals surface area contributed by atoms with Crippen LogP contribution in [0.4, 0.5) is 4.39 Å². The lowest BCUT2D eigenvalue weighted by Crippen LogP contribution is -2.14. The number of carbonyl (C=O) groups excluding carboxylic acids is 1. The molecule has 0 aliphatic carbocycles. The van der Waals surface area contributed by atoms with E-state index in [1.165, 1.54) is 40.7 Å². The number of tetrazole rings is 1. The maximum atomic E-state index is 12.8. The second kappa shape index (κ2) is 5.26. The summed E-state index contributed by atoms with van der Waals surface area (Å²) >= 11 is 1.27. The SMILES string of the molecule is C[C@H](Sc1nnnn1C)C(=O)c1ccc(F)cc1. The summed E-state index contributed by atoms with van der Waals surface area (Å²) in [5, 5.41) is 11.2. The quantitative estimate of drug-likeness (QED) is 0.623. The van der Waals surface area contributed by atoms with Gasteiger partial charge in [0.15, 0.2) is 5.78 Å². The van der Waals surface area contributed by atoms with E-state index in [9.17, 15) is 9.18 Å². The minimum Gasteiger partial charge on any atom is -0.293 e. The van der Waals surface area contributed by atoms with Gasteiger partial charge in [-0.05, 0) is 41.6 Å². The Bertz CT molecular complexity index is 554. The van der Waals surface area contributed by atoms with Crippen LogP contribution < -0.4 is 0 Å². The minimum absolute atomic E-state index is 0.0806. The third-order valence-electron chi connectivity index (χ3n) is 2.36. The zero-order valence-corrected chi connectivity index (χ0v) is 10.7. The maximum Gasteiger partial charge on any atom is 0.209 e. The highest BCUT2D eigenvalue weighted by molar-refractivity contribution is 8.00. The first kappa shape index (κ1) is 12.7. The molecule has 0 saturated heterocycles. The summed E-state index contributed by atoms with van der Waals surface area (Å²) in [5.41, 5.74) is 0.478. The summed E-state index contributed by atoms with van der Waals surface area (Å²) in [6.07, 6.45) is 0. The number of halogens is 1. The van der Waals surface area contributed by atoms with E-state index in [0.29, 0.717) is 10.7 Å². The number of Topliss-reactive ketones (excluding diaryl/α,β-unsaturated/α-hetero) is 1. The number of hydrogen-bond acceptors (Lipinski definition) is 5. The van der Waals surface area contributed by atoms with Crippen LogP contribution >= 0.6 is 11.8 Å². The Morgan fingerprint density at radius 1 is 1.39 bits per heavy atom. The molecule has 0 aliphatic heterocycles. The number of rotatable bonds is 4. The lowest BCUT2D eigenvalue weighted by Gasteiger charge is -2.08. The number of aromatic nitrogens is 4. The zero-order valence-electron chi connectivity index (χ0n) is 9.87. The molecule has 0 fully saturated rings. The molecule has 1 atom stereocenters. The van der Waals surface area contributed by atoms with Crippen molar-refractivity contribution in [3.8, 4) is 0 Å². The van der Waals surface area contributed by atoms with Crippen molar-refractivity contribution in [2.75, 3.05) is 0 Å². The van der Waals surface area contributed by atoms with Crippen molar-refractivity contribution in [2.24, 2.45) is 7.05 Å². The van der Waals surface area contributed by atoms with Crippen LogP contribution in [0.1, 0.15) is 17.3 Å². The van der Waals surface area contributed by atoms with Crippen LogP contribution in [-0.2, 0) is 7.05 Å². The Balaban J connectivity index is 2.09. The second-order valence-electron chi connectivity index (χ2n) is 3.72. The maximum absolute atomic E-state index is 12.8. The molecule has 2 rings (SSSR count).